The molecule has 27 heavy (non-hydrogen) atoms. The van der Waals surface area contributed by atoms with Crippen molar-refractivity contribution in [2.45, 2.75) is 0 Å². The molecule has 0 atom stereocenters. The van der Waals surface area contributed by atoms with Gasteiger partial charge in [-0.2, -0.15) is 5.10 Å². The minimum atomic E-state index is -0.196. The Balaban J connectivity index is 1.74. The molecule has 132 valence electrons. The number of hydrogen-bond donors (Lipinski definition) is 1. The van der Waals surface area contributed by atoms with Crippen molar-refractivity contribution in [1.29, 1.82) is 0 Å². The van der Waals surface area contributed by atoms with E-state index < -0.39 is 0 Å². The number of nitrogens with zero attached hydrogens (tertiary/aromatic N) is 2. The predicted octanol–water partition coefficient (Wildman–Crippen LogP) is 5.55. The highest BCUT2D eigenvalue weighted by molar-refractivity contribution is 9.10. The summed E-state index contributed by atoms with van der Waals surface area (Å²) in [6, 6.07) is 27.0. The van der Waals surface area contributed by atoms with Crippen molar-refractivity contribution in [3.63, 3.8) is 0 Å². The van der Waals surface area contributed by atoms with Crippen LogP contribution in [0, 0.1) is 0 Å². The van der Waals surface area contributed by atoms with Gasteiger partial charge in [-0.1, -0.05) is 64.5 Å². The number of carbonyl (C=O) groups excluding carboxylic acids is 1. The molecule has 0 aliphatic carbocycles. The van der Waals surface area contributed by atoms with E-state index in [4.69, 9.17) is 0 Å². The molecule has 1 amide bonds. The van der Waals surface area contributed by atoms with Crippen molar-refractivity contribution in [3.8, 4) is 16.9 Å². The molecule has 0 spiro atoms. The summed E-state index contributed by atoms with van der Waals surface area (Å²) in [6.45, 7) is 0. The Morgan fingerprint density at radius 1 is 0.852 bits per heavy atom. The number of para-hydroxylation sites is 1. The highest BCUT2D eigenvalue weighted by Crippen LogP contribution is 2.25. The normalized spacial score (nSPS) is 10.6. The van der Waals surface area contributed by atoms with Crippen LogP contribution < -0.4 is 5.32 Å². The predicted molar refractivity (Wildman–Crippen MR) is 111 cm³/mol. The summed E-state index contributed by atoms with van der Waals surface area (Å²) in [6.07, 6.45) is 1.77. The van der Waals surface area contributed by atoms with Gasteiger partial charge in [-0.25, -0.2) is 4.68 Å². The van der Waals surface area contributed by atoms with E-state index in [-0.39, 0.29) is 5.91 Å². The summed E-state index contributed by atoms with van der Waals surface area (Å²) >= 11 is 3.40. The van der Waals surface area contributed by atoms with E-state index in [1.807, 2.05) is 84.9 Å². The lowest BCUT2D eigenvalue weighted by Crippen LogP contribution is -2.12. The molecule has 4 nitrogen and oxygen atoms in total. The smallest absolute Gasteiger partial charge is 0.259 e. The van der Waals surface area contributed by atoms with Crippen LogP contribution in [0.2, 0.25) is 0 Å². The Hall–Kier alpha value is -3.18. The van der Waals surface area contributed by atoms with Crippen LogP contribution in [0.1, 0.15) is 10.4 Å². The fraction of sp³-hybridized carbons (Fsp3) is 0. The molecule has 1 heterocycles. The van der Waals surface area contributed by atoms with Gasteiger partial charge in [-0.05, 0) is 36.4 Å². The molecule has 0 aliphatic rings. The number of hydrogen-bond acceptors (Lipinski definition) is 2. The Morgan fingerprint density at radius 3 is 2.15 bits per heavy atom. The van der Waals surface area contributed by atoms with E-state index in [0.29, 0.717) is 11.3 Å². The lowest BCUT2D eigenvalue weighted by Gasteiger charge is -2.05. The zero-order valence-electron chi connectivity index (χ0n) is 14.3. The first kappa shape index (κ1) is 17.2. The number of aromatic nitrogens is 2. The van der Waals surface area contributed by atoms with E-state index in [9.17, 15) is 4.79 Å². The first-order valence-electron chi connectivity index (χ1n) is 8.48. The van der Waals surface area contributed by atoms with E-state index >= 15 is 0 Å². The number of benzene rings is 3. The van der Waals surface area contributed by atoms with Gasteiger partial charge in [0.25, 0.3) is 5.91 Å². The summed E-state index contributed by atoms with van der Waals surface area (Å²) < 4.78 is 2.70. The summed E-state index contributed by atoms with van der Waals surface area (Å²) in [4.78, 5) is 13.0. The van der Waals surface area contributed by atoms with Crippen LogP contribution in [-0.2, 0) is 0 Å². The van der Waals surface area contributed by atoms with Crippen molar-refractivity contribution in [2.24, 2.45) is 0 Å². The van der Waals surface area contributed by atoms with Crippen LogP contribution in [0.25, 0.3) is 16.9 Å². The highest BCUT2D eigenvalue weighted by Gasteiger charge is 2.18. The molecule has 1 aromatic heterocycles. The third-order valence-electron chi connectivity index (χ3n) is 4.13. The van der Waals surface area contributed by atoms with Crippen LogP contribution >= 0.6 is 15.9 Å². The largest absolute Gasteiger partial charge is 0.322 e. The van der Waals surface area contributed by atoms with Crippen LogP contribution in [0.4, 0.5) is 5.69 Å². The maximum atomic E-state index is 13.0. The van der Waals surface area contributed by atoms with Gasteiger partial charge in [0.1, 0.15) is 5.69 Å². The van der Waals surface area contributed by atoms with Gasteiger partial charge < -0.3 is 5.32 Å². The summed E-state index contributed by atoms with van der Waals surface area (Å²) in [5, 5.41) is 7.62. The fourth-order valence-corrected chi connectivity index (χ4v) is 3.06. The van der Waals surface area contributed by atoms with Gasteiger partial charge in [0.05, 0.1) is 11.3 Å². The van der Waals surface area contributed by atoms with Crippen LogP contribution in [-0.4, -0.2) is 15.7 Å². The van der Waals surface area contributed by atoms with Crippen molar-refractivity contribution in [3.05, 3.63) is 101 Å². The van der Waals surface area contributed by atoms with Crippen molar-refractivity contribution in [2.75, 3.05) is 5.32 Å². The van der Waals surface area contributed by atoms with Crippen molar-refractivity contribution >= 4 is 27.5 Å². The Morgan fingerprint density at radius 2 is 1.48 bits per heavy atom. The molecular formula is C22H16BrN3O. The molecular weight excluding hydrogens is 402 g/mol. The second kappa shape index (κ2) is 7.60. The SMILES string of the molecule is O=C(Nc1ccc(Br)cc1)c1cn(-c2ccccc2)nc1-c1ccccc1. The minimum absolute atomic E-state index is 0.196. The average molecular weight is 418 g/mol. The molecule has 1 N–H and O–H groups in total. The molecule has 0 radical (unpaired) electrons. The van der Waals surface area contributed by atoms with E-state index in [1.165, 1.54) is 0 Å². The maximum Gasteiger partial charge on any atom is 0.259 e. The number of anilines is 1. The number of nitrogens with one attached hydrogen (secondary N) is 1. The fourth-order valence-electron chi connectivity index (χ4n) is 2.79. The zero-order chi connectivity index (χ0) is 18.6. The van der Waals surface area contributed by atoms with E-state index in [1.54, 1.807) is 10.9 Å². The molecule has 0 aliphatic heterocycles. The standard InChI is InChI=1S/C22H16BrN3O/c23-17-11-13-18(14-12-17)24-22(27)20-15-26(19-9-5-2-6-10-19)25-21(20)16-7-3-1-4-8-16/h1-15H,(H,24,27). The zero-order valence-corrected chi connectivity index (χ0v) is 15.9. The van der Waals surface area contributed by atoms with E-state index in [0.717, 1.165) is 21.4 Å². The first-order chi connectivity index (χ1) is 13.2. The van der Waals surface area contributed by atoms with Gasteiger partial charge in [-0.3, -0.25) is 4.79 Å². The number of carbonyl (C=O) groups is 1. The van der Waals surface area contributed by atoms with Gasteiger partial charge in [0.2, 0.25) is 0 Å². The second-order valence-electron chi connectivity index (χ2n) is 6.00. The topological polar surface area (TPSA) is 46.9 Å². The van der Waals surface area contributed by atoms with Crippen LogP contribution in [0.15, 0.2) is 95.6 Å². The molecule has 0 bridgehead atoms. The molecule has 4 rings (SSSR count). The number of halogens is 1. The average Bonchev–Trinajstić information content (AvgIpc) is 3.17. The number of amides is 1. The lowest BCUT2D eigenvalue weighted by molar-refractivity contribution is 0.102. The molecule has 4 aromatic rings. The molecule has 5 heteroatoms. The third kappa shape index (κ3) is 3.83. The quantitative estimate of drug-likeness (QED) is 0.472. The molecule has 0 saturated carbocycles. The van der Waals surface area contributed by atoms with E-state index in [2.05, 4.69) is 26.3 Å². The molecule has 3 aromatic carbocycles. The van der Waals surface area contributed by atoms with Gasteiger partial charge in [-0.15, -0.1) is 0 Å². The Bertz CT molecular complexity index is 1060. The van der Waals surface area contributed by atoms with Gasteiger partial charge >= 0.3 is 0 Å². The Kier molecular flexibility index (Phi) is 4.85. The maximum absolute atomic E-state index is 13.0. The first-order valence-corrected chi connectivity index (χ1v) is 9.27. The Labute approximate surface area is 165 Å². The summed E-state index contributed by atoms with van der Waals surface area (Å²) in [5.41, 5.74) is 3.70. The molecule has 0 unspecified atom stereocenters. The van der Waals surface area contributed by atoms with Crippen molar-refractivity contribution in [1.82, 2.24) is 9.78 Å². The monoisotopic (exact) mass is 417 g/mol. The molecule has 0 saturated heterocycles. The second-order valence-corrected chi connectivity index (χ2v) is 6.91. The van der Waals surface area contributed by atoms with Gasteiger partial charge in [0.15, 0.2) is 0 Å². The van der Waals surface area contributed by atoms with Gasteiger partial charge in [0, 0.05) is 21.9 Å². The van der Waals surface area contributed by atoms with Crippen LogP contribution in [0.5, 0.6) is 0 Å². The summed E-state index contributed by atoms with van der Waals surface area (Å²) in [7, 11) is 0. The number of rotatable bonds is 4. The minimum Gasteiger partial charge on any atom is -0.322 e. The van der Waals surface area contributed by atoms with Crippen molar-refractivity contribution < 1.29 is 4.79 Å². The third-order valence-corrected chi connectivity index (χ3v) is 4.66. The highest BCUT2D eigenvalue weighted by atomic mass is 79.9. The summed E-state index contributed by atoms with van der Waals surface area (Å²) in [5.74, 6) is -0.196. The van der Waals surface area contributed by atoms with Crippen LogP contribution in [0.3, 0.4) is 0 Å². The lowest BCUT2D eigenvalue weighted by atomic mass is 10.1. The molecule has 0 fully saturated rings.